The van der Waals surface area contributed by atoms with Crippen molar-refractivity contribution in [1.29, 1.82) is 15.9 Å². The van der Waals surface area contributed by atoms with Gasteiger partial charge >= 0.3 is 0 Å². The summed E-state index contributed by atoms with van der Waals surface area (Å²) in [7, 11) is 1.50. The molecule has 0 radical (unpaired) electrons. The average Bonchev–Trinajstić information content (AvgIpc) is 3.32. The van der Waals surface area contributed by atoms with Gasteiger partial charge in [0, 0.05) is 5.69 Å². The fourth-order valence-electron chi connectivity index (χ4n) is 3.24. The van der Waals surface area contributed by atoms with E-state index in [9.17, 15) is 25.2 Å². The van der Waals surface area contributed by atoms with Crippen molar-refractivity contribution in [3.05, 3.63) is 52.6 Å². The molecule has 31 heavy (non-hydrogen) atoms. The molecule has 0 atom stereocenters. The van der Waals surface area contributed by atoms with Crippen LogP contribution in [-0.4, -0.2) is 24.0 Å². The lowest BCUT2D eigenvalue weighted by Gasteiger charge is -2.21. The number of anilines is 2. The van der Waals surface area contributed by atoms with Crippen LogP contribution < -0.4 is 29.9 Å². The highest BCUT2D eigenvalue weighted by atomic mass is 32.2. The standard InChI is InChI=1S/C20H11N5O4S2/c1-29-9-4-2-8(3-5-9)25-13-12(10(6-21)18(25)23)14(26)16-17(15(13)27)31-20(30-16)11(7-22)19(24)28/h2-5,23,27H,1H3,(H2,24,28)/b20-11+,23-18?. The Morgan fingerprint density at radius 3 is 2.42 bits per heavy atom. The minimum atomic E-state index is -0.948. The number of nitrogens with zero attached hydrogens (tertiary/aromatic N) is 3. The van der Waals surface area contributed by atoms with E-state index in [4.69, 9.17) is 15.9 Å². The summed E-state index contributed by atoms with van der Waals surface area (Å²) < 4.78 is 5.52. The number of nitrogens with one attached hydrogen (secondary N) is 1. The normalized spacial score (nSPS) is 13.6. The van der Waals surface area contributed by atoms with Gasteiger partial charge in [0.25, 0.3) is 5.91 Å². The summed E-state index contributed by atoms with van der Waals surface area (Å²) in [5.41, 5.74) is 4.59. The molecule has 0 aromatic heterocycles. The number of amidine groups is 1. The molecule has 1 aromatic carbocycles. The highest BCUT2D eigenvalue weighted by Crippen LogP contribution is 2.37. The molecule has 3 aliphatic rings. The first-order valence-corrected chi connectivity index (χ1v) is 10.2. The van der Waals surface area contributed by atoms with E-state index in [1.54, 1.807) is 30.3 Å². The number of nitrogens with two attached hydrogens (primary N) is 1. The molecule has 4 N–H and O–H groups in total. The summed E-state index contributed by atoms with van der Waals surface area (Å²) in [4.78, 5) is 26.1. The number of amides is 1. The van der Waals surface area contributed by atoms with Gasteiger partial charge in [-0.1, -0.05) is 0 Å². The van der Waals surface area contributed by atoms with Crippen LogP contribution in [0.15, 0.2) is 29.1 Å². The zero-order chi connectivity index (χ0) is 22.4. The van der Waals surface area contributed by atoms with E-state index in [0.717, 1.165) is 22.7 Å². The lowest BCUT2D eigenvalue weighted by Crippen LogP contribution is -2.27. The summed E-state index contributed by atoms with van der Waals surface area (Å²) in [5, 5.41) is 38.2. The molecule has 0 unspecified atom stereocenters. The number of carbonyl (C=O) groups excluding carboxylic acids is 1. The summed E-state index contributed by atoms with van der Waals surface area (Å²) in [6, 6.07) is 10.1. The molecule has 4 rings (SSSR count). The summed E-state index contributed by atoms with van der Waals surface area (Å²) in [5.74, 6) is -0.959. The number of benzene rings is 1. The lowest BCUT2D eigenvalue weighted by molar-refractivity contribution is -0.112. The van der Waals surface area contributed by atoms with Gasteiger partial charge in [0.2, 0.25) is 5.43 Å². The quantitative estimate of drug-likeness (QED) is 0.526. The van der Waals surface area contributed by atoms with Crippen LogP contribution in [0.3, 0.4) is 0 Å². The van der Waals surface area contributed by atoms with Crippen molar-refractivity contribution in [1.82, 2.24) is 0 Å². The molecule has 0 spiro atoms. The van der Waals surface area contributed by atoms with Gasteiger partial charge in [-0.05, 0) is 24.3 Å². The van der Waals surface area contributed by atoms with Crippen LogP contribution in [0.2, 0.25) is 0 Å². The second-order valence-electron chi connectivity index (χ2n) is 6.27. The Labute approximate surface area is 181 Å². The molecular weight excluding hydrogens is 438 g/mol. The fraction of sp³-hybridized carbons (Fsp3) is 0.0500. The maximum Gasteiger partial charge on any atom is 0.261 e. The Kier molecular flexibility index (Phi) is 4.70. The van der Waals surface area contributed by atoms with E-state index in [0.29, 0.717) is 11.4 Å². The Bertz CT molecular complexity index is 1620. The number of ether oxygens (including phenoxy) is 1. The molecule has 2 aliphatic heterocycles. The van der Waals surface area contributed by atoms with Gasteiger partial charge in [-0.25, -0.2) is 0 Å². The van der Waals surface area contributed by atoms with Crippen LogP contribution in [-0.2, 0) is 4.79 Å². The zero-order valence-corrected chi connectivity index (χ0v) is 17.3. The SMILES string of the molecule is COc1ccc(N2C(=N)C(C#N)=c3c2c(O)c2s/c(=C(\C#N)C(N)=O)sc=2c3=O)cc1. The number of aromatic hydroxyl groups is 1. The highest BCUT2D eigenvalue weighted by molar-refractivity contribution is 7.25. The Morgan fingerprint density at radius 1 is 1.23 bits per heavy atom. The van der Waals surface area contributed by atoms with E-state index >= 15 is 0 Å². The molecule has 1 amide bonds. The van der Waals surface area contributed by atoms with E-state index < -0.39 is 11.3 Å². The summed E-state index contributed by atoms with van der Waals surface area (Å²) in [6.45, 7) is 0. The largest absolute Gasteiger partial charge is 0.504 e. The summed E-state index contributed by atoms with van der Waals surface area (Å²) >= 11 is 1.72. The first-order chi connectivity index (χ1) is 14.8. The van der Waals surface area contributed by atoms with E-state index in [2.05, 4.69) is 0 Å². The first-order valence-electron chi connectivity index (χ1n) is 8.54. The maximum atomic E-state index is 13.2. The van der Waals surface area contributed by atoms with Crippen LogP contribution in [0.4, 0.5) is 11.4 Å². The smallest absolute Gasteiger partial charge is 0.261 e. The number of hydrogen-bond donors (Lipinski definition) is 3. The number of fused-ring (bicyclic) bond motifs is 1. The number of rotatable bonds is 3. The average molecular weight is 449 g/mol. The minimum Gasteiger partial charge on any atom is -0.504 e. The molecule has 0 saturated heterocycles. The first kappa shape index (κ1) is 20.1. The Morgan fingerprint density at radius 2 is 1.87 bits per heavy atom. The van der Waals surface area contributed by atoms with Gasteiger partial charge in [-0.3, -0.25) is 19.9 Å². The predicted octanol–water partition coefficient (Wildman–Crippen LogP) is 0.572. The minimum absolute atomic E-state index is 0.00222. The molecule has 2 heterocycles. The van der Waals surface area contributed by atoms with Crippen molar-refractivity contribution >= 4 is 56.9 Å². The van der Waals surface area contributed by atoms with Crippen molar-refractivity contribution in [2.45, 2.75) is 0 Å². The molecule has 0 saturated carbocycles. The van der Waals surface area contributed by atoms with Crippen molar-refractivity contribution in [3.63, 3.8) is 0 Å². The molecule has 1 aliphatic carbocycles. The predicted molar refractivity (Wildman–Crippen MR) is 115 cm³/mol. The molecular formula is C20H11N5O4S2. The van der Waals surface area contributed by atoms with Crippen LogP contribution >= 0.6 is 22.7 Å². The molecule has 1 aromatic rings. The number of carbonyl (C=O) groups is 1. The third-order valence-electron chi connectivity index (χ3n) is 4.64. The van der Waals surface area contributed by atoms with Gasteiger partial charge in [0.05, 0.1) is 21.4 Å². The molecule has 0 fully saturated rings. The zero-order valence-electron chi connectivity index (χ0n) is 15.7. The number of primary amides is 1. The third-order valence-corrected chi connectivity index (χ3v) is 7.25. The lowest BCUT2D eigenvalue weighted by atomic mass is 10.2. The topological polar surface area (TPSA) is 164 Å². The summed E-state index contributed by atoms with van der Waals surface area (Å²) in [6.07, 6.45) is 0. The fourth-order valence-corrected chi connectivity index (χ4v) is 5.79. The van der Waals surface area contributed by atoms with Crippen molar-refractivity contribution < 1.29 is 14.6 Å². The van der Waals surface area contributed by atoms with E-state index in [1.165, 1.54) is 12.0 Å². The third kappa shape index (κ3) is 2.84. The van der Waals surface area contributed by atoms with Gasteiger partial charge in [-0.2, -0.15) is 10.5 Å². The second kappa shape index (κ2) is 7.25. The van der Waals surface area contributed by atoms with Crippen LogP contribution in [0, 0.1) is 37.1 Å². The van der Waals surface area contributed by atoms with Crippen molar-refractivity contribution in [2.75, 3.05) is 12.0 Å². The van der Waals surface area contributed by atoms with Gasteiger partial charge < -0.3 is 15.6 Å². The number of hydrogen-bond acceptors (Lipinski definition) is 9. The van der Waals surface area contributed by atoms with Gasteiger partial charge in [0.1, 0.15) is 44.4 Å². The Hall–Kier alpha value is -4.19. The molecule has 0 bridgehead atoms. The second-order valence-corrected chi connectivity index (χ2v) is 8.57. The van der Waals surface area contributed by atoms with Crippen LogP contribution in [0.25, 0.3) is 11.1 Å². The van der Waals surface area contributed by atoms with Crippen molar-refractivity contribution in [2.24, 2.45) is 5.73 Å². The van der Waals surface area contributed by atoms with E-state index in [1.807, 2.05) is 6.07 Å². The highest BCUT2D eigenvalue weighted by Gasteiger charge is 2.33. The van der Waals surface area contributed by atoms with Crippen LogP contribution in [0.5, 0.6) is 11.5 Å². The molecule has 9 nitrogen and oxygen atoms in total. The van der Waals surface area contributed by atoms with Crippen molar-refractivity contribution in [3.8, 4) is 23.6 Å². The van der Waals surface area contributed by atoms with Gasteiger partial charge in [-0.15, -0.1) is 22.7 Å². The van der Waals surface area contributed by atoms with Gasteiger partial charge in [0.15, 0.2) is 5.75 Å². The number of nitriles is 2. The monoisotopic (exact) mass is 449 g/mol. The maximum absolute atomic E-state index is 13.2. The number of methoxy groups -OCH3 is 1. The van der Waals surface area contributed by atoms with Crippen LogP contribution in [0.1, 0.15) is 0 Å². The Balaban J connectivity index is 2.14. The molecule has 11 heteroatoms. The molecule has 152 valence electrons. The van der Waals surface area contributed by atoms with E-state index in [-0.39, 0.29) is 46.5 Å².